The normalized spacial score (nSPS) is 13.4. The maximum atomic E-state index is 5.61. The number of nitrogens with one attached hydrogen (secondary N) is 1. The van der Waals surface area contributed by atoms with E-state index < -0.39 is 0 Å². The van der Waals surface area contributed by atoms with Crippen LogP contribution in [-0.4, -0.2) is 25.8 Å². The summed E-state index contributed by atoms with van der Waals surface area (Å²) in [6, 6.07) is 0.555. The van der Waals surface area contributed by atoms with E-state index >= 15 is 0 Å². The fraction of sp³-hybridized carbons (Fsp3) is 1.00. The van der Waals surface area contributed by atoms with Crippen molar-refractivity contribution in [3.05, 3.63) is 0 Å². The molecule has 0 rings (SSSR count). The van der Waals surface area contributed by atoms with Gasteiger partial charge in [-0.15, -0.1) is 0 Å². The van der Waals surface area contributed by atoms with E-state index in [1.165, 1.54) is 19.3 Å². The highest BCUT2D eigenvalue weighted by molar-refractivity contribution is 4.66. The van der Waals surface area contributed by atoms with Crippen LogP contribution in [0.15, 0.2) is 0 Å². The molecule has 2 heteroatoms. The first-order valence-corrected chi connectivity index (χ1v) is 6.51. The summed E-state index contributed by atoms with van der Waals surface area (Å²) in [5.74, 6) is 0.794. The summed E-state index contributed by atoms with van der Waals surface area (Å²) in [5, 5.41) is 3.56. The van der Waals surface area contributed by atoms with E-state index in [1.54, 1.807) is 0 Å². The van der Waals surface area contributed by atoms with Gasteiger partial charge in [-0.05, 0) is 38.1 Å². The second-order valence-electron chi connectivity index (χ2n) is 4.70. The molecule has 2 nitrogen and oxygen atoms in total. The first-order valence-electron chi connectivity index (χ1n) is 6.51. The quantitative estimate of drug-likeness (QED) is 0.565. The molecule has 1 N–H and O–H groups in total. The van der Waals surface area contributed by atoms with Gasteiger partial charge in [0.2, 0.25) is 0 Å². The zero-order chi connectivity index (χ0) is 11.5. The third kappa shape index (κ3) is 10.2. The molecule has 0 radical (unpaired) electrons. The maximum absolute atomic E-state index is 5.61. The zero-order valence-corrected chi connectivity index (χ0v) is 11.0. The maximum Gasteiger partial charge on any atom is 0.0619 e. The molecule has 15 heavy (non-hydrogen) atoms. The van der Waals surface area contributed by atoms with Gasteiger partial charge in [0.15, 0.2) is 0 Å². The fourth-order valence-corrected chi connectivity index (χ4v) is 1.50. The van der Waals surface area contributed by atoms with Gasteiger partial charge in [0.1, 0.15) is 0 Å². The molecule has 0 aromatic carbocycles. The van der Waals surface area contributed by atoms with Crippen molar-refractivity contribution in [1.82, 2.24) is 5.32 Å². The lowest BCUT2D eigenvalue weighted by molar-refractivity contribution is 0.107. The Morgan fingerprint density at radius 1 is 1.07 bits per heavy atom. The highest BCUT2D eigenvalue weighted by atomic mass is 16.5. The van der Waals surface area contributed by atoms with Crippen LogP contribution in [0, 0.1) is 5.92 Å². The van der Waals surface area contributed by atoms with Crippen LogP contribution < -0.4 is 5.32 Å². The monoisotopic (exact) mass is 215 g/mol. The summed E-state index contributed by atoms with van der Waals surface area (Å²) in [7, 11) is 0. The van der Waals surface area contributed by atoms with Crippen molar-refractivity contribution in [2.75, 3.05) is 19.8 Å². The second-order valence-corrected chi connectivity index (χ2v) is 4.70. The number of ether oxygens (including phenoxy) is 1. The molecule has 0 bridgehead atoms. The van der Waals surface area contributed by atoms with E-state index in [0.29, 0.717) is 6.04 Å². The third-order valence-corrected chi connectivity index (χ3v) is 2.44. The largest absolute Gasteiger partial charge is 0.380 e. The van der Waals surface area contributed by atoms with Crippen LogP contribution in [0.2, 0.25) is 0 Å². The number of hydrogen-bond acceptors (Lipinski definition) is 2. The average molecular weight is 215 g/mol. The van der Waals surface area contributed by atoms with E-state index in [1.807, 2.05) is 0 Å². The summed E-state index contributed by atoms with van der Waals surface area (Å²) in [4.78, 5) is 0. The zero-order valence-electron chi connectivity index (χ0n) is 11.0. The van der Waals surface area contributed by atoms with E-state index in [2.05, 4.69) is 33.0 Å². The van der Waals surface area contributed by atoms with Crippen molar-refractivity contribution in [3.63, 3.8) is 0 Å². The molecule has 92 valence electrons. The van der Waals surface area contributed by atoms with Crippen LogP contribution >= 0.6 is 0 Å². The molecular formula is C13H29NO. The second kappa shape index (κ2) is 10.4. The van der Waals surface area contributed by atoms with Gasteiger partial charge in [-0.25, -0.2) is 0 Å². The predicted molar refractivity (Wildman–Crippen MR) is 67.3 cm³/mol. The predicted octanol–water partition coefficient (Wildman–Crippen LogP) is 3.22. The minimum atomic E-state index is 0.555. The third-order valence-electron chi connectivity index (χ3n) is 2.44. The lowest BCUT2D eigenvalue weighted by Crippen LogP contribution is -2.34. The average Bonchev–Trinajstić information content (AvgIpc) is 2.21. The van der Waals surface area contributed by atoms with Crippen LogP contribution in [0.3, 0.4) is 0 Å². The highest BCUT2D eigenvalue weighted by Gasteiger charge is 2.08. The number of hydrogen-bond donors (Lipinski definition) is 1. The van der Waals surface area contributed by atoms with Gasteiger partial charge < -0.3 is 10.1 Å². The molecule has 0 aliphatic carbocycles. The van der Waals surface area contributed by atoms with Gasteiger partial charge in [-0.3, -0.25) is 0 Å². The summed E-state index contributed by atoms with van der Waals surface area (Å²) in [5.41, 5.74) is 0. The van der Waals surface area contributed by atoms with Gasteiger partial charge in [0.25, 0.3) is 0 Å². The minimum absolute atomic E-state index is 0.555. The minimum Gasteiger partial charge on any atom is -0.380 e. The molecule has 1 unspecified atom stereocenters. The molecule has 0 saturated carbocycles. The summed E-state index contributed by atoms with van der Waals surface area (Å²) in [6.07, 6.45) is 4.84. The first-order chi connectivity index (χ1) is 7.20. The number of rotatable bonds is 10. The molecule has 0 amide bonds. The molecule has 0 fully saturated rings. The molecule has 1 atom stereocenters. The Hall–Kier alpha value is -0.0800. The molecule has 0 aliphatic rings. The van der Waals surface area contributed by atoms with Crippen LogP contribution in [0.4, 0.5) is 0 Å². The van der Waals surface area contributed by atoms with E-state index in [0.717, 1.165) is 32.1 Å². The Bertz CT molecular complexity index is 126. The summed E-state index contributed by atoms with van der Waals surface area (Å²) in [6.45, 7) is 11.8. The molecule has 0 aromatic heterocycles. The molecule has 0 aromatic rings. The van der Waals surface area contributed by atoms with Gasteiger partial charge in [-0.2, -0.15) is 0 Å². The Morgan fingerprint density at radius 2 is 1.80 bits per heavy atom. The van der Waals surface area contributed by atoms with Crippen molar-refractivity contribution in [3.8, 4) is 0 Å². The fourth-order valence-electron chi connectivity index (χ4n) is 1.50. The van der Waals surface area contributed by atoms with Crippen LogP contribution in [0.25, 0.3) is 0 Å². The lowest BCUT2D eigenvalue weighted by atomic mass is 10.0. The highest BCUT2D eigenvalue weighted by Crippen LogP contribution is 2.07. The Labute approximate surface area is 95.8 Å². The topological polar surface area (TPSA) is 21.3 Å². The van der Waals surface area contributed by atoms with Crippen LogP contribution in [0.5, 0.6) is 0 Å². The van der Waals surface area contributed by atoms with Crippen LogP contribution in [-0.2, 0) is 4.74 Å². The SMILES string of the molecule is CCCNC(CCC(C)C)COCCC. The molecular weight excluding hydrogens is 186 g/mol. The standard InChI is InChI=1S/C13H29NO/c1-5-9-14-13(8-7-12(3)4)11-15-10-6-2/h12-14H,5-11H2,1-4H3. The van der Waals surface area contributed by atoms with Gasteiger partial charge >= 0.3 is 0 Å². The van der Waals surface area contributed by atoms with Crippen molar-refractivity contribution < 1.29 is 4.74 Å². The van der Waals surface area contributed by atoms with E-state index in [-0.39, 0.29) is 0 Å². The van der Waals surface area contributed by atoms with Gasteiger partial charge in [0, 0.05) is 12.6 Å². The Kier molecular flexibility index (Phi) is 10.4. The van der Waals surface area contributed by atoms with Crippen molar-refractivity contribution >= 4 is 0 Å². The summed E-state index contributed by atoms with van der Waals surface area (Å²) < 4.78 is 5.61. The first kappa shape index (κ1) is 14.9. The van der Waals surface area contributed by atoms with Crippen molar-refractivity contribution in [2.24, 2.45) is 5.92 Å². The molecule has 0 spiro atoms. The lowest BCUT2D eigenvalue weighted by Gasteiger charge is -2.19. The summed E-state index contributed by atoms with van der Waals surface area (Å²) >= 11 is 0. The van der Waals surface area contributed by atoms with Gasteiger partial charge in [-0.1, -0.05) is 27.7 Å². The van der Waals surface area contributed by atoms with Crippen molar-refractivity contribution in [2.45, 2.75) is 59.4 Å². The van der Waals surface area contributed by atoms with Gasteiger partial charge in [0.05, 0.1) is 6.61 Å². The molecule has 0 aliphatic heterocycles. The van der Waals surface area contributed by atoms with E-state index in [9.17, 15) is 0 Å². The molecule has 0 heterocycles. The van der Waals surface area contributed by atoms with Crippen LogP contribution in [0.1, 0.15) is 53.4 Å². The van der Waals surface area contributed by atoms with Crippen molar-refractivity contribution in [1.29, 1.82) is 0 Å². The smallest absolute Gasteiger partial charge is 0.0619 e. The Balaban J connectivity index is 3.63. The van der Waals surface area contributed by atoms with E-state index in [4.69, 9.17) is 4.74 Å². The molecule has 0 saturated heterocycles. The Morgan fingerprint density at radius 3 is 2.33 bits per heavy atom.